The number of amides is 1. The maximum absolute atomic E-state index is 12.2. The zero-order chi connectivity index (χ0) is 14.4. The van der Waals surface area contributed by atoms with E-state index < -0.39 is 0 Å². The molecule has 1 saturated heterocycles. The van der Waals surface area contributed by atoms with Crippen LogP contribution in [0.1, 0.15) is 51.5 Å². The van der Waals surface area contributed by atoms with Gasteiger partial charge in [0.2, 0.25) is 5.91 Å². The number of carbonyl (C=O) groups excluding carboxylic acids is 1. The van der Waals surface area contributed by atoms with Crippen molar-refractivity contribution in [2.45, 2.75) is 52.4 Å². The third kappa shape index (κ3) is 4.66. The minimum atomic E-state index is 0.304. The zero-order valence-electron chi connectivity index (χ0n) is 12.9. The first kappa shape index (κ1) is 15.1. The molecular weight excluding hydrogens is 246 g/mol. The Morgan fingerprint density at radius 1 is 1.20 bits per heavy atom. The van der Waals surface area contributed by atoms with Crippen molar-refractivity contribution in [2.24, 2.45) is 5.41 Å². The first-order chi connectivity index (χ1) is 9.57. The number of carbonyl (C=O) groups is 1. The fraction of sp³-hybridized carbons (Fsp3) is 0.611. The van der Waals surface area contributed by atoms with Gasteiger partial charge in [-0.05, 0) is 43.1 Å². The van der Waals surface area contributed by atoms with Gasteiger partial charge in [-0.25, -0.2) is 0 Å². The van der Waals surface area contributed by atoms with Gasteiger partial charge in [0.25, 0.3) is 0 Å². The number of unbranched alkanes of at least 4 members (excludes halogenated alkanes) is 1. The quantitative estimate of drug-likeness (QED) is 0.741. The van der Waals surface area contributed by atoms with E-state index in [1.165, 1.54) is 12.0 Å². The van der Waals surface area contributed by atoms with Gasteiger partial charge in [-0.3, -0.25) is 4.79 Å². The van der Waals surface area contributed by atoms with Gasteiger partial charge in [0.05, 0.1) is 0 Å². The van der Waals surface area contributed by atoms with E-state index in [0.717, 1.165) is 38.8 Å². The van der Waals surface area contributed by atoms with Crippen molar-refractivity contribution in [3.63, 3.8) is 0 Å². The Balaban J connectivity index is 1.67. The predicted octanol–water partition coefficient (Wildman–Crippen LogP) is 4.05. The summed E-state index contributed by atoms with van der Waals surface area (Å²) in [5, 5.41) is 0. The van der Waals surface area contributed by atoms with Crippen LogP contribution in [0.15, 0.2) is 30.3 Å². The van der Waals surface area contributed by atoms with Crippen molar-refractivity contribution >= 4 is 5.91 Å². The number of piperidine rings is 1. The molecule has 0 aromatic heterocycles. The highest BCUT2D eigenvalue weighted by atomic mass is 16.2. The van der Waals surface area contributed by atoms with Crippen LogP contribution in [-0.4, -0.2) is 23.9 Å². The number of hydrogen-bond acceptors (Lipinski definition) is 1. The summed E-state index contributed by atoms with van der Waals surface area (Å²) in [4.78, 5) is 14.3. The molecule has 0 spiro atoms. The van der Waals surface area contributed by atoms with Crippen LogP contribution in [0.5, 0.6) is 0 Å². The number of hydrogen-bond donors (Lipinski definition) is 0. The van der Waals surface area contributed by atoms with Gasteiger partial charge in [0.1, 0.15) is 0 Å². The van der Waals surface area contributed by atoms with Crippen molar-refractivity contribution in [3.05, 3.63) is 35.9 Å². The van der Waals surface area contributed by atoms with Crippen LogP contribution >= 0.6 is 0 Å². The van der Waals surface area contributed by atoms with E-state index in [2.05, 4.69) is 43.0 Å². The van der Waals surface area contributed by atoms with Gasteiger partial charge in [-0.2, -0.15) is 0 Å². The molecule has 1 amide bonds. The maximum Gasteiger partial charge on any atom is 0.222 e. The Labute approximate surface area is 123 Å². The molecule has 1 heterocycles. The molecule has 0 radical (unpaired) electrons. The molecule has 2 nitrogen and oxygen atoms in total. The van der Waals surface area contributed by atoms with Crippen LogP contribution in [0, 0.1) is 5.41 Å². The molecule has 1 aromatic rings. The number of aryl methyl sites for hydroxylation is 1. The average Bonchev–Trinajstić information content (AvgIpc) is 2.43. The van der Waals surface area contributed by atoms with Crippen molar-refractivity contribution in [1.82, 2.24) is 4.90 Å². The number of benzene rings is 1. The van der Waals surface area contributed by atoms with Crippen LogP contribution in [0.3, 0.4) is 0 Å². The van der Waals surface area contributed by atoms with Crippen molar-refractivity contribution in [2.75, 3.05) is 13.1 Å². The second kappa shape index (κ2) is 6.92. The molecule has 20 heavy (non-hydrogen) atoms. The highest BCUT2D eigenvalue weighted by Crippen LogP contribution is 2.28. The predicted molar refractivity (Wildman–Crippen MR) is 83.6 cm³/mol. The monoisotopic (exact) mass is 273 g/mol. The van der Waals surface area contributed by atoms with Crippen molar-refractivity contribution < 1.29 is 4.79 Å². The Morgan fingerprint density at radius 3 is 2.65 bits per heavy atom. The lowest BCUT2D eigenvalue weighted by Gasteiger charge is -2.38. The average molecular weight is 273 g/mol. The minimum Gasteiger partial charge on any atom is -0.342 e. The summed E-state index contributed by atoms with van der Waals surface area (Å²) in [7, 11) is 0. The molecule has 1 aromatic carbocycles. The summed E-state index contributed by atoms with van der Waals surface area (Å²) < 4.78 is 0. The summed E-state index contributed by atoms with van der Waals surface area (Å²) in [6.07, 6.45) is 6.30. The normalized spacial score (nSPS) is 18.0. The van der Waals surface area contributed by atoms with Crippen LogP contribution in [0.4, 0.5) is 0 Å². The molecule has 0 N–H and O–H groups in total. The van der Waals surface area contributed by atoms with Crippen LogP contribution in [0.25, 0.3) is 0 Å². The van der Waals surface area contributed by atoms with Crippen molar-refractivity contribution in [1.29, 1.82) is 0 Å². The molecule has 110 valence electrons. The van der Waals surface area contributed by atoms with Gasteiger partial charge in [-0.1, -0.05) is 44.2 Å². The van der Waals surface area contributed by atoms with E-state index in [1.807, 2.05) is 6.07 Å². The molecule has 2 heteroatoms. The highest BCUT2D eigenvalue weighted by Gasteiger charge is 2.28. The van der Waals surface area contributed by atoms with E-state index in [1.54, 1.807) is 0 Å². The topological polar surface area (TPSA) is 20.3 Å². The molecule has 0 aliphatic carbocycles. The molecule has 0 unspecified atom stereocenters. The van der Waals surface area contributed by atoms with Gasteiger partial charge < -0.3 is 4.90 Å². The van der Waals surface area contributed by atoms with E-state index in [0.29, 0.717) is 17.7 Å². The zero-order valence-corrected chi connectivity index (χ0v) is 12.9. The fourth-order valence-corrected chi connectivity index (χ4v) is 3.04. The van der Waals surface area contributed by atoms with Crippen LogP contribution < -0.4 is 0 Å². The first-order valence-electron chi connectivity index (χ1n) is 7.89. The van der Waals surface area contributed by atoms with Gasteiger partial charge in [0, 0.05) is 19.5 Å². The summed E-state index contributed by atoms with van der Waals surface area (Å²) in [6.45, 7) is 6.43. The molecule has 0 atom stereocenters. The molecule has 1 aliphatic heterocycles. The Hall–Kier alpha value is -1.31. The summed E-state index contributed by atoms with van der Waals surface area (Å²) in [6, 6.07) is 10.5. The maximum atomic E-state index is 12.2. The highest BCUT2D eigenvalue weighted by molar-refractivity contribution is 5.76. The van der Waals surface area contributed by atoms with Crippen LogP contribution in [-0.2, 0) is 11.2 Å². The Morgan fingerprint density at radius 2 is 1.95 bits per heavy atom. The standard InChI is InChI=1S/C18H27NO/c1-18(2)13-8-14-19(15-18)17(20)12-7-6-11-16-9-4-3-5-10-16/h3-5,9-10H,6-8,11-15H2,1-2H3. The molecule has 0 saturated carbocycles. The van der Waals surface area contributed by atoms with Crippen molar-refractivity contribution in [3.8, 4) is 0 Å². The fourth-order valence-electron chi connectivity index (χ4n) is 3.04. The van der Waals surface area contributed by atoms with Gasteiger partial charge >= 0.3 is 0 Å². The number of rotatable bonds is 5. The summed E-state index contributed by atoms with van der Waals surface area (Å²) in [5.41, 5.74) is 1.68. The van der Waals surface area contributed by atoms with Crippen LogP contribution in [0.2, 0.25) is 0 Å². The molecule has 1 aliphatic rings. The third-order valence-corrected chi connectivity index (χ3v) is 4.20. The Kier molecular flexibility index (Phi) is 5.22. The largest absolute Gasteiger partial charge is 0.342 e. The molecular formula is C18H27NO. The SMILES string of the molecule is CC1(C)CCCN(C(=O)CCCCc2ccccc2)C1. The lowest BCUT2D eigenvalue weighted by Crippen LogP contribution is -2.43. The minimum absolute atomic E-state index is 0.304. The van der Waals surface area contributed by atoms with Gasteiger partial charge in [0.15, 0.2) is 0 Å². The molecule has 0 bridgehead atoms. The second-order valence-corrected chi connectivity index (χ2v) is 6.78. The van der Waals surface area contributed by atoms with E-state index >= 15 is 0 Å². The Bertz CT molecular complexity index is 424. The number of likely N-dealkylation sites (tertiary alicyclic amines) is 1. The van der Waals surface area contributed by atoms with Gasteiger partial charge in [-0.15, -0.1) is 0 Å². The lowest BCUT2D eigenvalue weighted by atomic mass is 9.84. The lowest BCUT2D eigenvalue weighted by molar-refractivity contribution is -0.134. The molecule has 2 rings (SSSR count). The number of nitrogens with zero attached hydrogens (tertiary/aromatic N) is 1. The smallest absolute Gasteiger partial charge is 0.222 e. The van der Waals surface area contributed by atoms with E-state index in [-0.39, 0.29) is 0 Å². The summed E-state index contributed by atoms with van der Waals surface area (Å²) in [5.74, 6) is 0.353. The van der Waals surface area contributed by atoms with E-state index in [4.69, 9.17) is 0 Å². The van der Waals surface area contributed by atoms with E-state index in [9.17, 15) is 4.79 Å². The molecule has 1 fully saturated rings. The second-order valence-electron chi connectivity index (χ2n) is 6.78. The summed E-state index contributed by atoms with van der Waals surface area (Å²) >= 11 is 0. The first-order valence-corrected chi connectivity index (χ1v) is 7.89. The third-order valence-electron chi connectivity index (χ3n) is 4.20.